The molecule has 0 saturated carbocycles. The van der Waals surface area contributed by atoms with Crippen LogP contribution in [0.1, 0.15) is 19.8 Å². The van der Waals surface area contributed by atoms with Gasteiger partial charge in [0.15, 0.2) is 0 Å². The summed E-state index contributed by atoms with van der Waals surface area (Å²) in [5, 5.41) is 3.32. The summed E-state index contributed by atoms with van der Waals surface area (Å²) in [5.41, 5.74) is 1.17. The number of rotatable bonds is 11. The van der Waals surface area contributed by atoms with Crippen molar-refractivity contribution >= 4 is 11.5 Å². The van der Waals surface area contributed by atoms with Crippen molar-refractivity contribution in [2.24, 2.45) is 0 Å². The van der Waals surface area contributed by atoms with Gasteiger partial charge in [0.05, 0.1) is 6.61 Å². The zero-order valence-corrected chi connectivity index (χ0v) is 12.9. The molecular weight excluding hydrogens is 254 g/mol. The second kappa shape index (κ2) is 10.5. The van der Waals surface area contributed by atoms with Crippen LogP contribution in [-0.4, -0.2) is 52.1 Å². The van der Waals surface area contributed by atoms with Crippen LogP contribution in [-0.2, 0) is 9.47 Å². The molecule has 5 heteroatoms. The Hall–Kier alpha value is -1.33. The Morgan fingerprint density at radius 2 is 2.00 bits per heavy atom. The molecule has 114 valence electrons. The summed E-state index contributed by atoms with van der Waals surface area (Å²) in [4.78, 5) is 6.65. The van der Waals surface area contributed by atoms with Crippen molar-refractivity contribution < 1.29 is 9.47 Å². The van der Waals surface area contributed by atoms with Crippen molar-refractivity contribution in [3.8, 4) is 0 Å². The van der Waals surface area contributed by atoms with E-state index in [1.807, 2.05) is 12.3 Å². The van der Waals surface area contributed by atoms with Crippen molar-refractivity contribution in [2.45, 2.75) is 19.8 Å². The molecule has 0 saturated heterocycles. The van der Waals surface area contributed by atoms with E-state index in [4.69, 9.17) is 9.47 Å². The Balaban J connectivity index is 2.66. The first kappa shape index (κ1) is 16.7. The zero-order valence-electron chi connectivity index (χ0n) is 12.9. The van der Waals surface area contributed by atoms with Gasteiger partial charge in [0.2, 0.25) is 0 Å². The van der Waals surface area contributed by atoms with Gasteiger partial charge in [0.1, 0.15) is 5.82 Å². The van der Waals surface area contributed by atoms with Crippen LogP contribution in [0.2, 0.25) is 0 Å². The summed E-state index contributed by atoms with van der Waals surface area (Å²) in [6.45, 7) is 6.40. The van der Waals surface area contributed by atoms with Crippen molar-refractivity contribution in [1.82, 2.24) is 4.98 Å². The molecule has 1 aromatic rings. The van der Waals surface area contributed by atoms with E-state index in [1.165, 1.54) is 5.69 Å². The molecule has 0 atom stereocenters. The van der Waals surface area contributed by atoms with Gasteiger partial charge in [-0.3, -0.25) is 0 Å². The third-order valence-corrected chi connectivity index (χ3v) is 3.01. The van der Waals surface area contributed by atoms with Gasteiger partial charge in [-0.25, -0.2) is 4.98 Å². The van der Waals surface area contributed by atoms with Crippen LogP contribution in [0.25, 0.3) is 0 Å². The largest absolute Gasteiger partial charge is 0.385 e. The lowest BCUT2D eigenvalue weighted by molar-refractivity contribution is 0.191. The summed E-state index contributed by atoms with van der Waals surface area (Å²) < 4.78 is 10.3. The van der Waals surface area contributed by atoms with Crippen molar-refractivity contribution in [2.75, 3.05) is 57.3 Å². The Labute approximate surface area is 122 Å². The highest BCUT2D eigenvalue weighted by Crippen LogP contribution is 2.17. The Morgan fingerprint density at radius 1 is 1.20 bits per heavy atom. The predicted molar refractivity (Wildman–Crippen MR) is 83.6 cm³/mol. The monoisotopic (exact) mass is 281 g/mol. The second-order valence-electron chi connectivity index (χ2n) is 4.65. The first-order valence-electron chi connectivity index (χ1n) is 7.24. The van der Waals surface area contributed by atoms with E-state index in [0.717, 1.165) is 44.9 Å². The molecule has 5 nitrogen and oxygen atoms in total. The van der Waals surface area contributed by atoms with Crippen LogP contribution in [0.5, 0.6) is 0 Å². The topological polar surface area (TPSA) is 46.6 Å². The fourth-order valence-electron chi connectivity index (χ4n) is 1.94. The Bertz CT molecular complexity index is 361. The van der Waals surface area contributed by atoms with Crippen LogP contribution in [0.4, 0.5) is 11.5 Å². The molecule has 1 heterocycles. The molecule has 1 rings (SSSR count). The molecule has 0 aliphatic heterocycles. The van der Waals surface area contributed by atoms with E-state index in [2.05, 4.69) is 28.2 Å². The van der Waals surface area contributed by atoms with Gasteiger partial charge in [0.25, 0.3) is 0 Å². The first-order valence-corrected chi connectivity index (χ1v) is 7.24. The maximum absolute atomic E-state index is 5.19. The molecule has 0 spiro atoms. The van der Waals surface area contributed by atoms with E-state index in [0.29, 0.717) is 6.61 Å². The van der Waals surface area contributed by atoms with E-state index < -0.39 is 0 Å². The number of hydrogen-bond acceptors (Lipinski definition) is 5. The van der Waals surface area contributed by atoms with E-state index in [-0.39, 0.29) is 0 Å². The van der Waals surface area contributed by atoms with E-state index in [1.54, 1.807) is 14.2 Å². The van der Waals surface area contributed by atoms with Gasteiger partial charge in [-0.2, -0.15) is 0 Å². The lowest BCUT2D eigenvalue weighted by Gasteiger charge is -2.24. The first-order chi connectivity index (χ1) is 9.81. The number of nitrogens with one attached hydrogen (secondary N) is 1. The normalized spacial score (nSPS) is 10.6. The third-order valence-electron chi connectivity index (χ3n) is 3.01. The minimum Gasteiger partial charge on any atom is -0.385 e. The molecule has 0 radical (unpaired) electrons. The molecule has 0 aliphatic rings. The van der Waals surface area contributed by atoms with Crippen molar-refractivity contribution in [3.05, 3.63) is 18.3 Å². The highest BCUT2D eigenvalue weighted by molar-refractivity contribution is 5.53. The summed E-state index contributed by atoms with van der Waals surface area (Å²) in [5.74, 6) is 0.929. The number of anilines is 2. The number of nitrogens with zero attached hydrogens (tertiary/aromatic N) is 2. The quantitative estimate of drug-likeness (QED) is 0.631. The lowest BCUT2D eigenvalue weighted by atomic mass is 10.3. The van der Waals surface area contributed by atoms with Gasteiger partial charge in [-0.1, -0.05) is 6.92 Å². The second-order valence-corrected chi connectivity index (χ2v) is 4.65. The maximum Gasteiger partial charge on any atom is 0.127 e. The van der Waals surface area contributed by atoms with Crippen molar-refractivity contribution in [3.63, 3.8) is 0 Å². The maximum atomic E-state index is 5.19. The Morgan fingerprint density at radius 3 is 2.70 bits per heavy atom. The highest BCUT2D eigenvalue weighted by Gasteiger charge is 2.07. The summed E-state index contributed by atoms with van der Waals surface area (Å²) in [6.07, 6.45) is 3.94. The number of hydrogen-bond donors (Lipinski definition) is 1. The Kier molecular flexibility index (Phi) is 8.74. The standard InChI is InChI=1S/C15H27N3O2/c1-4-7-16-15-13-14(6-8-17-15)18(10-12-20-3)9-5-11-19-2/h6,8,13H,4-5,7,9-12H2,1-3H3,(H,16,17). The summed E-state index contributed by atoms with van der Waals surface area (Å²) in [6, 6.07) is 4.14. The molecule has 0 bridgehead atoms. The molecule has 0 fully saturated rings. The molecule has 0 aliphatic carbocycles. The van der Waals surface area contributed by atoms with Crippen LogP contribution in [0.3, 0.4) is 0 Å². The van der Waals surface area contributed by atoms with Gasteiger partial charge < -0.3 is 19.7 Å². The minimum absolute atomic E-state index is 0.715. The van der Waals surface area contributed by atoms with Crippen LogP contribution in [0, 0.1) is 0 Å². The van der Waals surface area contributed by atoms with Crippen LogP contribution in [0.15, 0.2) is 18.3 Å². The SMILES string of the molecule is CCCNc1cc(N(CCCOC)CCOC)ccn1. The number of pyridine rings is 1. The van der Waals surface area contributed by atoms with E-state index >= 15 is 0 Å². The number of methoxy groups -OCH3 is 2. The highest BCUT2D eigenvalue weighted by atomic mass is 16.5. The molecule has 1 aromatic heterocycles. The van der Waals surface area contributed by atoms with Gasteiger partial charge in [-0.05, 0) is 18.9 Å². The third kappa shape index (κ3) is 6.21. The molecule has 0 amide bonds. The average molecular weight is 281 g/mol. The smallest absolute Gasteiger partial charge is 0.127 e. The van der Waals surface area contributed by atoms with E-state index in [9.17, 15) is 0 Å². The molecule has 1 N–H and O–H groups in total. The van der Waals surface area contributed by atoms with Gasteiger partial charge >= 0.3 is 0 Å². The fourth-order valence-corrected chi connectivity index (χ4v) is 1.94. The van der Waals surface area contributed by atoms with Gasteiger partial charge in [-0.15, -0.1) is 0 Å². The molecule has 20 heavy (non-hydrogen) atoms. The van der Waals surface area contributed by atoms with Crippen molar-refractivity contribution in [1.29, 1.82) is 0 Å². The summed E-state index contributed by atoms with van der Waals surface area (Å²) in [7, 11) is 3.47. The molecule has 0 unspecified atom stereocenters. The molecular formula is C15H27N3O2. The number of ether oxygens (including phenoxy) is 2. The van der Waals surface area contributed by atoms with Gasteiger partial charge in [0, 0.05) is 58.4 Å². The van der Waals surface area contributed by atoms with Crippen LogP contribution < -0.4 is 10.2 Å². The minimum atomic E-state index is 0.715. The average Bonchev–Trinajstić information content (AvgIpc) is 2.49. The zero-order chi connectivity index (χ0) is 14.6. The predicted octanol–water partition coefficient (Wildman–Crippen LogP) is 2.39. The van der Waals surface area contributed by atoms with Crippen LogP contribution >= 0.6 is 0 Å². The fraction of sp³-hybridized carbons (Fsp3) is 0.667. The molecule has 0 aromatic carbocycles. The number of aromatic nitrogens is 1. The lowest BCUT2D eigenvalue weighted by Crippen LogP contribution is -2.29. The summed E-state index contributed by atoms with van der Waals surface area (Å²) >= 11 is 0.